The molecule has 0 aliphatic carbocycles. The fourth-order valence-corrected chi connectivity index (χ4v) is 6.08. The van der Waals surface area contributed by atoms with E-state index in [4.69, 9.17) is 5.10 Å². The first-order chi connectivity index (χ1) is 19.2. The number of benzene rings is 4. The summed E-state index contributed by atoms with van der Waals surface area (Å²) in [6, 6.07) is 37.0. The van der Waals surface area contributed by atoms with E-state index < -0.39 is 0 Å². The first-order valence-electron chi connectivity index (χ1n) is 13.3. The second-order valence-corrected chi connectivity index (χ2v) is 10.8. The highest BCUT2D eigenvalue weighted by Gasteiger charge is 2.31. The Labute approximate surface area is 233 Å². The van der Waals surface area contributed by atoms with Crippen molar-refractivity contribution in [2.24, 2.45) is 0 Å². The third kappa shape index (κ3) is 5.44. The second kappa shape index (κ2) is 11.4. The number of carbonyl (C=O) groups excluding carboxylic acids is 1. The molecule has 6 heteroatoms. The highest BCUT2D eigenvalue weighted by atomic mass is 32.2. The van der Waals surface area contributed by atoms with Crippen molar-refractivity contribution >= 4 is 17.5 Å². The van der Waals surface area contributed by atoms with E-state index in [0.717, 1.165) is 36.2 Å². The Morgan fingerprint density at radius 1 is 0.821 bits per heavy atom. The lowest BCUT2D eigenvalue weighted by atomic mass is 9.96. The molecule has 1 aliphatic heterocycles. The molecular weight excluding hydrogens is 500 g/mol. The van der Waals surface area contributed by atoms with Gasteiger partial charge >= 0.3 is 0 Å². The normalized spacial score (nSPS) is 14.1. The molecule has 4 aromatic carbocycles. The van der Waals surface area contributed by atoms with Crippen LogP contribution < -0.4 is 0 Å². The maximum Gasteiger partial charge on any atom is 0.196 e. The van der Waals surface area contributed by atoms with E-state index in [9.17, 15) is 4.79 Å². The average molecular weight is 531 g/mol. The van der Waals surface area contributed by atoms with Gasteiger partial charge in [-0.1, -0.05) is 114 Å². The van der Waals surface area contributed by atoms with Crippen molar-refractivity contribution < 1.29 is 4.79 Å². The lowest BCUT2D eigenvalue weighted by molar-refractivity contribution is 0.102. The van der Waals surface area contributed by atoms with Crippen LogP contribution in [0.5, 0.6) is 0 Å². The number of hydrogen-bond acceptors (Lipinski definition) is 5. The first-order valence-corrected chi connectivity index (χ1v) is 14.2. The molecule has 0 spiro atoms. The second-order valence-electron chi connectivity index (χ2n) is 9.89. The number of aryl methyl sites for hydroxylation is 1. The summed E-state index contributed by atoms with van der Waals surface area (Å²) in [4.78, 5) is 15.4. The van der Waals surface area contributed by atoms with Crippen molar-refractivity contribution in [2.75, 3.05) is 12.3 Å². The Bertz CT molecular complexity index is 1560. The zero-order chi connectivity index (χ0) is 26.6. The van der Waals surface area contributed by atoms with Gasteiger partial charge in [0.1, 0.15) is 0 Å². The molecule has 0 amide bonds. The summed E-state index contributed by atoms with van der Waals surface area (Å²) in [5, 5.41) is 10.2. The van der Waals surface area contributed by atoms with Crippen LogP contribution in [0.3, 0.4) is 0 Å². The zero-order valence-electron chi connectivity index (χ0n) is 21.9. The quantitative estimate of drug-likeness (QED) is 0.165. The molecule has 1 atom stereocenters. The van der Waals surface area contributed by atoms with Gasteiger partial charge in [0, 0.05) is 24.3 Å². The minimum Gasteiger partial charge on any atom is -0.293 e. The van der Waals surface area contributed by atoms with Crippen LogP contribution in [0.1, 0.15) is 44.5 Å². The van der Waals surface area contributed by atoms with Crippen LogP contribution in [0.15, 0.2) is 114 Å². The molecule has 0 fully saturated rings. The Morgan fingerprint density at radius 2 is 1.49 bits per heavy atom. The van der Waals surface area contributed by atoms with E-state index in [-0.39, 0.29) is 11.8 Å². The largest absolute Gasteiger partial charge is 0.293 e. The standard InChI is InChI=1S/C33H30N4OS/c1-24-16-18-29(19-17-24)37-32(34-35-33(37)39-23-30(38)26-11-4-2-5-12-26)31(27-13-6-3-7-14-27)36-21-20-25-10-8-9-15-28(25)22-36/h2-19,31H,20-23H2,1H3. The third-order valence-electron chi connectivity index (χ3n) is 7.26. The van der Waals surface area contributed by atoms with Crippen LogP contribution >= 0.6 is 11.8 Å². The smallest absolute Gasteiger partial charge is 0.196 e. The highest BCUT2D eigenvalue weighted by molar-refractivity contribution is 7.99. The Kier molecular flexibility index (Phi) is 7.39. The monoisotopic (exact) mass is 530 g/mol. The fourth-order valence-electron chi connectivity index (χ4n) is 5.22. The van der Waals surface area contributed by atoms with E-state index >= 15 is 0 Å². The molecule has 6 rings (SSSR count). The third-order valence-corrected chi connectivity index (χ3v) is 8.19. The van der Waals surface area contributed by atoms with Gasteiger partial charge in [-0.2, -0.15) is 0 Å². The molecular formula is C33H30N4OS. The van der Waals surface area contributed by atoms with Gasteiger partial charge < -0.3 is 0 Å². The highest BCUT2D eigenvalue weighted by Crippen LogP contribution is 2.35. The van der Waals surface area contributed by atoms with Gasteiger partial charge in [-0.05, 0) is 42.2 Å². The van der Waals surface area contributed by atoms with Crippen molar-refractivity contribution in [3.05, 3.63) is 143 Å². The van der Waals surface area contributed by atoms with E-state index in [1.54, 1.807) is 0 Å². The summed E-state index contributed by atoms with van der Waals surface area (Å²) >= 11 is 1.44. The molecule has 0 saturated carbocycles. The van der Waals surface area contributed by atoms with Crippen LogP contribution in [0.4, 0.5) is 0 Å². The van der Waals surface area contributed by atoms with Crippen LogP contribution in [0, 0.1) is 6.92 Å². The number of aromatic nitrogens is 3. The molecule has 0 bridgehead atoms. The first kappa shape index (κ1) is 25.3. The molecule has 0 radical (unpaired) electrons. The molecule has 1 unspecified atom stereocenters. The van der Waals surface area contributed by atoms with Gasteiger partial charge in [0.2, 0.25) is 0 Å². The van der Waals surface area contributed by atoms with Gasteiger partial charge in [-0.25, -0.2) is 0 Å². The summed E-state index contributed by atoms with van der Waals surface area (Å²) in [7, 11) is 0. The molecule has 39 heavy (non-hydrogen) atoms. The van der Waals surface area contributed by atoms with Crippen molar-refractivity contribution in [3.8, 4) is 5.69 Å². The number of rotatable bonds is 8. The maximum absolute atomic E-state index is 13.0. The van der Waals surface area contributed by atoms with Crippen LogP contribution in [-0.2, 0) is 13.0 Å². The predicted molar refractivity (Wildman–Crippen MR) is 156 cm³/mol. The number of hydrogen-bond donors (Lipinski definition) is 0. The summed E-state index contributed by atoms with van der Waals surface area (Å²) in [5.74, 6) is 1.23. The average Bonchev–Trinajstić information content (AvgIpc) is 3.40. The number of fused-ring (bicyclic) bond motifs is 1. The van der Waals surface area contributed by atoms with Gasteiger partial charge in [-0.3, -0.25) is 14.3 Å². The fraction of sp³-hybridized carbons (Fsp3) is 0.182. The molecule has 0 N–H and O–H groups in total. The topological polar surface area (TPSA) is 51.0 Å². The maximum atomic E-state index is 13.0. The lowest BCUT2D eigenvalue weighted by Gasteiger charge is -2.35. The number of thioether (sulfide) groups is 1. The number of Topliss-reactive ketones (excluding diaryl/α,β-unsaturated/α-hetero) is 1. The van der Waals surface area contributed by atoms with Gasteiger partial charge in [-0.15, -0.1) is 10.2 Å². The molecule has 2 heterocycles. The SMILES string of the molecule is Cc1ccc(-n2c(SCC(=O)c3ccccc3)nnc2C(c2ccccc2)N2CCc3ccccc3C2)cc1. The van der Waals surface area contributed by atoms with E-state index in [0.29, 0.717) is 11.3 Å². The summed E-state index contributed by atoms with van der Waals surface area (Å²) < 4.78 is 2.14. The minimum atomic E-state index is -0.0902. The van der Waals surface area contributed by atoms with Gasteiger partial charge in [0.05, 0.1) is 11.8 Å². The van der Waals surface area contributed by atoms with E-state index in [1.165, 1.54) is 34.0 Å². The Hall–Kier alpha value is -4.00. The van der Waals surface area contributed by atoms with Crippen molar-refractivity contribution in [2.45, 2.75) is 31.1 Å². The summed E-state index contributed by atoms with van der Waals surface area (Å²) in [6.07, 6.45) is 0.991. The van der Waals surface area contributed by atoms with Crippen LogP contribution in [0.25, 0.3) is 5.69 Å². The number of nitrogens with zero attached hydrogens (tertiary/aromatic N) is 4. The lowest BCUT2D eigenvalue weighted by Crippen LogP contribution is -2.36. The van der Waals surface area contributed by atoms with Crippen molar-refractivity contribution in [3.63, 3.8) is 0 Å². The molecule has 1 aromatic heterocycles. The Morgan fingerprint density at radius 3 is 2.23 bits per heavy atom. The van der Waals surface area contributed by atoms with Crippen LogP contribution in [-0.4, -0.2) is 37.7 Å². The Balaban J connectivity index is 1.41. The van der Waals surface area contributed by atoms with E-state index in [2.05, 4.69) is 94.3 Å². The van der Waals surface area contributed by atoms with E-state index in [1.807, 2.05) is 36.4 Å². The summed E-state index contributed by atoms with van der Waals surface area (Å²) in [6.45, 7) is 3.85. The predicted octanol–water partition coefficient (Wildman–Crippen LogP) is 6.70. The molecule has 1 aliphatic rings. The molecule has 194 valence electrons. The number of ketones is 1. The summed E-state index contributed by atoms with van der Waals surface area (Å²) in [5.41, 5.74) is 6.84. The minimum absolute atomic E-state index is 0.0767. The molecule has 5 nitrogen and oxygen atoms in total. The molecule has 0 saturated heterocycles. The van der Waals surface area contributed by atoms with Crippen molar-refractivity contribution in [1.82, 2.24) is 19.7 Å². The van der Waals surface area contributed by atoms with Crippen molar-refractivity contribution in [1.29, 1.82) is 0 Å². The zero-order valence-corrected chi connectivity index (χ0v) is 22.7. The van der Waals surface area contributed by atoms with Gasteiger partial charge in [0.25, 0.3) is 0 Å². The van der Waals surface area contributed by atoms with Gasteiger partial charge in [0.15, 0.2) is 16.8 Å². The molecule has 5 aromatic rings. The van der Waals surface area contributed by atoms with Crippen LogP contribution in [0.2, 0.25) is 0 Å². The number of carbonyl (C=O) groups is 1.